The molecule has 1 unspecified atom stereocenters. The molecule has 11 nitrogen and oxygen atoms in total. The van der Waals surface area contributed by atoms with Gasteiger partial charge in [0, 0.05) is 25.4 Å². The first-order valence-electron chi connectivity index (χ1n) is 10.6. The second kappa shape index (κ2) is 9.27. The lowest BCUT2D eigenvalue weighted by Crippen LogP contribution is -2.49. The maximum absolute atomic E-state index is 13.2. The number of anilines is 3. The van der Waals surface area contributed by atoms with E-state index in [-0.39, 0.29) is 29.1 Å². The van der Waals surface area contributed by atoms with Gasteiger partial charge in [0.25, 0.3) is 5.91 Å². The van der Waals surface area contributed by atoms with Gasteiger partial charge in [-0.05, 0) is 31.5 Å². The second-order valence-electron chi connectivity index (χ2n) is 8.02. The third-order valence-corrected chi connectivity index (χ3v) is 5.57. The summed E-state index contributed by atoms with van der Waals surface area (Å²) in [5, 5.41) is 13.2. The van der Waals surface area contributed by atoms with E-state index in [1.165, 1.54) is 29.3 Å². The number of fused-ring (bicyclic) bond motifs is 4. The number of carboxylic acid groups (broad SMARTS) is 1. The van der Waals surface area contributed by atoms with Crippen LogP contribution in [0.5, 0.6) is 5.75 Å². The number of carboxylic acids is 1. The molecule has 2 atom stereocenters. The molecular formula is C21H21F3N6O5. The maximum Gasteiger partial charge on any atom is 0.408 e. The first-order valence-corrected chi connectivity index (χ1v) is 10.6. The number of nitrogens with zero attached hydrogens (tertiary/aromatic N) is 4. The number of nitrogens with one attached hydrogen (secondary N) is 2. The Morgan fingerprint density at radius 3 is 2.77 bits per heavy atom. The van der Waals surface area contributed by atoms with Gasteiger partial charge in [0.05, 0.1) is 11.7 Å². The van der Waals surface area contributed by atoms with E-state index in [1.54, 1.807) is 6.07 Å². The van der Waals surface area contributed by atoms with Crippen LogP contribution in [0.15, 0.2) is 30.5 Å². The van der Waals surface area contributed by atoms with Crippen molar-refractivity contribution < 1.29 is 37.4 Å². The summed E-state index contributed by atoms with van der Waals surface area (Å²) in [4.78, 5) is 47.9. The van der Waals surface area contributed by atoms with Gasteiger partial charge < -0.3 is 20.1 Å². The van der Waals surface area contributed by atoms with Crippen molar-refractivity contribution in [2.24, 2.45) is 0 Å². The number of aliphatic carboxylic acids is 1. The lowest BCUT2D eigenvalue weighted by molar-refractivity contribution is -0.149. The number of alkyl halides is 3. The molecule has 4 heterocycles. The summed E-state index contributed by atoms with van der Waals surface area (Å²) in [7, 11) is 0. The minimum absolute atomic E-state index is 0.0905. The van der Waals surface area contributed by atoms with Crippen LogP contribution >= 0.6 is 0 Å². The summed E-state index contributed by atoms with van der Waals surface area (Å²) in [5.41, 5.74) is 0.308. The Morgan fingerprint density at radius 2 is 2.06 bits per heavy atom. The fraction of sp³-hybridized carbons (Fsp3) is 0.381. The van der Waals surface area contributed by atoms with Gasteiger partial charge in [0.2, 0.25) is 0 Å². The lowest BCUT2D eigenvalue weighted by atomic mass is 10.1. The van der Waals surface area contributed by atoms with Crippen molar-refractivity contribution in [1.82, 2.24) is 15.3 Å². The Bertz CT molecular complexity index is 1160. The smallest absolute Gasteiger partial charge is 0.408 e. The zero-order valence-electron chi connectivity index (χ0n) is 18.4. The molecule has 0 saturated carbocycles. The van der Waals surface area contributed by atoms with E-state index in [1.807, 2.05) is 10.2 Å². The molecule has 35 heavy (non-hydrogen) atoms. The van der Waals surface area contributed by atoms with Gasteiger partial charge in [-0.25, -0.2) is 19.6 Å². The van der Waals surface area contributed by atoms with E-state index in [2.05, 4.69) is 15.3 Å². The molecule has 186 valence electrons. The minimum Gasteiger partial charge on any atom is -0.482 e. The van der Waals surface area contributed by atoms with E-state index < -0.39 is 36.7 Å². The molecule has 2 aromatic rings. The summed E-state index contributed by atoms with van der Waals surface area (Å²) in [6, 6.07) is 2.67. The average molecular weight is 494 g/mol. The molecule has 0 radical (unpaired) electrons. The number of aromatic nitrogens is 2. The molecule has 0 spiro atoms. The van der Waals surface area contributed by atoms with E-state index >= 15 is 0 Å². The average Bonchev–Trinajstić information content (AvgIpc) is 3.21. The number of ether oxygens (including phenoxy) is 1. The number of rotatable bonds is 6. The Balaban J connectivity index is 1.57. The van der Waals surface area contributed by atoms with Crippen molar-refractivity contribution in [2.45, 2.75) is 31.6 Å². The highest BCUT2D eigenvalue weighted by atomic mass is 19.4. The minimum atomic E-state index is -4.61. The Kier molecular flexibility index (Phi) is 6.37. The van der Waals surface area contributed by atoms with Gasteiger partial charge in [-0.3, -0.25) is 15.0 Å². The number of carbonyl (C=O) groups excluding carboxylic acids is 2. The Hall–Kier alpha value is -4.10. The Morgan fingerprint density at radius 1 is 1.29 bits per heavy atom. The standard InChI is InChI=1S/C21H21F3N6O5/c1-11(21(22,23)24)26-19(33)14-2-3-15-18(27-14)30(12-5-7-29(15)9-12)20(34)28-16-8-13(4-6-25-16)35-10-17(31)32/h2-4,6,8,11-12H,5,7,9-10H2,1H3,(H,26,33)(H,31,32)(H,25,28,34)/t11?,12-/m0/s1. The number of carbonyl (C=O) groups is 3. The summed E-state index contributed by atoms with van der Waals surface area (Å²) < 4.78 is 43.7. The number of halogens is 3. The quantitative estimate of drug-likeness (QED) is 0.556. The third kappa shape index (κ3) is 5.20. The van der Waals surface area contributed by atoms with Crippen LogP contribution in [0.2, 0.25) is 0 Å². The van der Waals surface area contributed by atoms with Crippen LogP contribution in [0.25, 0.3) is 0 Å². The molecule has 2 aliphatic rings. The number of hydrogen-bond donors (Lipinski definition) is 3. The molecule has 2 aromatic heterocycles. The van der Waals surface area contributed by atoms with Crippen molar-refractivity contribution in [3.8, 4) is 5.75 Å². The van der Waals surface area contributed by atoms with Crippen molar-refractivity contribution in [3.05, 3.63) is 36.2 Å². The molecule has 2 bridgehead atoms. The third-order valence-electron chi connectivity index (χ3n) is 5.57. The summed E-state index contributed by atoms with van der Waals surface area (Å²) in [5.74, 6) is -1.77. The summed E-state index contributed by atoms with van der Waals surface area (Å²) in [6.07, 6.45) is -2.67. The van der Waals surface area contributed by atoms with Crippen LogP contribution in [-0.4, -0.2) is 70.9 Å². The number of urea groups is 1. The summed E-state index contributed by atoms with van der Waals surface area (Å²) >= 11 is 0. The molecule has 3 amide bonds. The van der Waals surface area contributed by atoms with E-state index in [9.17, 15) is 27.6 Å². The number of hydrogen-bond acceptors (Lipinski definition) is 7. The van der Waals surface area contributed by atoms with E-state index in [4.69, 9.17) is 9.84 Å². The molecule has 1 saturated heterocycles. The second-order valence-corrected chi connectivity index (χ2v) is 8.02. The monoisotopic (exact) mass is 494 g/mol. The predicted octanol–water partition coefficient (Wildman–Crippen LogP) is 2.25. The number of amides is 3. The molecule has 1 fully saturated rings. The van der Waals surface area contributed by atoms with Crippen molar-refractivity contribution in [1.29, 1.82) is 0 Å². The normalized spacial score (nSPS) is 17.4. The topological polar surface area (TPSA) is 137 Å². The van der Waals surface area contributed by atoms with Gasteiger partial charge in [-0.15, -0.1) is 0 Å². The fourth-order valence-corrected chi connectivity index (χ4v) is 3.83. The highest BCUT2D eigenvalue weighted by molar-refractivity contribution is 6.05. The van der Waals surface area contributed by atoms with Gasteiger partial charge in [0.1, 0.15) is 23.3 Å². The van der Waals surface area contributed by atoms with Crippen LogP contribution < -0.4 is 25.2 Å². The zero-order chi connectivity index (χ0) is 25.3. The molecule has 0 aromatic carbocycles. The van der Waals surface area contributed by atoms with Crippen LogP contribution in [0.4, 0.5) is 35.3 Å². The SMILES string of the molecule is CC(NC(=O)c1ccc2c(n1)N(C(=O)Nc1cc(OCC(=O)O)ccn1)[C@H]1CCN2C1)C(F)(F)F. The van der Waals surface area contributed by atoms with Gasteiger partial charge in [0.15, 0.2) is 12.4 Å². The molecule has 3 N–H and O–H groups in total. The highest BCUT2D eigenvalue weighted by Gasteiger charge is 2.41. The van der Waals surface area contributed by atoms with Crippen molar-refractivity contribution in [3.63, 3.8) is 0 Å². The summed E-state index contributed by atoms with van der Waals surface area (Å²) in [6.45, 7) is 1.41. The number of pyridine rings is 2. The van der Waals surface area contributed by atoms with Crippen LogP contribution in [-0.2, 0) is 4.79 Å². The molecular weight excluding hydrogens is 473 g/mol. The van der Waals surface area contributed by atoms with Gasteiger partial charge in [-0.1, -0.05) is 0 Å². The van der Waals surface area contributed by atoms with Crippen molar-refractivity contribution >= 4 is 35.2 Å². The zero-order valence-corrected chi connectivity index (χ0v) is 18.4. The van der Waals surface area contributed by atoms with Crippen LogP contribution in [0.1, 0.15) is 23.8 Å². The van der Waals surface area contributed by atoms with E-state index in [0.29, 0.717) is 25.2 Å². The van der Waals surface area contributed by atoms with Gasteiger partial charge >= 0.3 is 18.2 Å². The predicted molar refractivity (Wildman–Crippen MR) is 117 cm³/mol. The maximum atomic E-state index is 13.2. The van der Waals surface area contributed by atoms with Crippen LogP contribution in [0.3, 0.4) is 0 Å². The lowest BCUT2D eigenvalue weighted by Gasteiger charge is -2.35. The van der Waals surface area contributed by atoms with Gasteiger partial charge in [-0.2, -0.15) is 13.2 Å². The molecule has 0 aliphatic carbocycles. The molecule has 14 heteroatoms. The molecule has 4 rings (SSSR count). The van der Waals surface area contributed by atoms with Crippen molar-refractivity contribution in [2.75, 3.05) is 34.8 Å². The van der Waals surface area contributed by atoms with E-state index in [0.717, 1.165) is 6.92 Å². The fourth-order valence-electron chi connectivity index (χ4n) is 3.83. The first-order chi connectivity index (χ1) is 16.5. The highest BCUT2D eigenvalue weighted by Crippen LogP contribution is 2.39. The van der Waals surface area contributed by atoms with Crippen LogP contribution in [0, 0.1) is 0 Å². The Labute approximate surface area is 196 Å². The largest absolute Gasteiger partial charge is 0.482 e. The first kappa shape index (κ1) is 24.0. The molecule has 2 aliphatic heterocycles.